The topological polar surface area (TPSA) is 52.6 Å². The van der Waals surface area contributed by atoms with Gasteiger partial charge in [0.25, 0.3) is 0 Å². The molecular formula is C14H14F2O4. The van der Waals surface area contributed by atoms with Crippen LogP contribution in [0.4, 0.5) is 8.78 Å². The maximum Gasteiger partial charge on any atom is 0.387 e. The second-order valence-corrected chi connectivity index (χ2v) is 4.60. The molecule has 20 heavy (non-hydrogen) atoms. The van der Waals surface area contributed by atoms with Crippen molar-refractivity contribution in [2.75, 3.05) is 7.11 Å². The van der Waals surface area contributed by atoms with Crippen molar-refractivity contribution in [3.05, 3.63) is 29.8 Å². The lowest BCUT2D eigenvalue weighted by molar-refractivity contribution is -0.145. The van der Waals surface area contributed by atoms with Gasteiger partial charge in [0.1, 0.15) is 11.5 Å². The van der Waals surface area contributed by atoms with Crippen LogP contribution in [0.15, 0.2) is 24.3 Å². The first-order valence-corrected chi connectivity index (χ1v) is 6.17. The van der Waals surface area contributed by atoms with Crippen molar-refractivity contribution in [2.24, 2.45) is 5.92 Å². The smallest absolute Gasteiger partial charge is 0.387 e. The highest BCUT2D eigenvalue weighted by Crippen LogP contribution is 2.40. The number of ether oxygens (including phenoxy) is 2. The van der Waals surface area contributed by atoms with Gasteiger partial charge in [-0.2, -0.15) is 8.78 Å². The third-order valence-corrected chi connectivity index (χ3v) is 3.40. The maximum atomic E-state index is 12.4. The summed E-state index contributed by atoms with van der Waals surface area (Å²) in [4.78, 5) is 23.5. The molecule has 0 aromatic heterocycles. The SMILES string of the molecule is COC(=O)C1CC(=O)C(c2ccccc2OC(F)F)C1. The molecule has 1 aromatic carbocycles. The normalized spacial score (nSPS) is 22.1. The highest BCUT2D eigenvalue weighted by molar-refractivity contribution is 5.93. The average molecular weight is 284 g/mol. The quantitative estimate of drug-likeness (QED) is 0.797. The second-order valence-electron chi connectivity index (χ2n) is 4.60. The Labute approximate surface area is 114 Å². The molecule has 1 aliphatic rings. The molecule has 0 amide bonds. The molecule has 0 N–H and O–H groups in total. The number of esters is 1. The molecule has 1 aromatic rings. The molecule has 0 aliphatic heterocycles. The van der Waals surface area contributed by atoms with Crippen molar-refractivity contribution in [3.63, 3.8) is 0 Å². The monoisotopic (exact) mass is 284 g/mol. The average Bonchev–Trinajstić information content (AvgIpc) is 2.80. The van der Waals surface area contributed by atoms with E-state index in [1.165, 1.54) is 13.2 Å². The molecule has 108 valence electrons. The summed E-state index contributed by atoms with van der Waals surface area (Å²) in [5, 5.41) is 0. The number of Topliss-reactive ketones (excluding diaryl/α,β-unsaturated/α-hetero) is 1. The van der Waals surface area contributed by atoms with E-state index in [-0.39, 0.29) is 24.4 Å². The summed E-state index contributed by atoms with van der Waals surface area (Å²) in [6, 6.07) is 6.16. The van der Waals surface area contributed by atoms with E-state index >= 15 is 0 Å². The Balaban J connectivity index is 2.24. The van der Waals surface area contributed by atoms with E-state index in [9.17, 15) is 18.4 Å². The van der Waals surface area contributed by atoms with Crippen molar-refractivity contribution in [1.82, 2.24) is 0 Å². The minimum Gasteiger partial charge on any atom is -0.469 e. The molecule has 4 nitrogen and oxygen atoms in total. The number of hydrogen-bond donors (Lipinski definition) is 0. The first kappa shape index (κ1) is 14.4. The summed E-state index contributed by atoms with van der Waals surface area (Å²) in [6.07, 6.45) is 0.329. The van der Waals surface area contributed by atoms with Gasteiger partial charge in [0.05, 0.1) is 13.0 Å². The lowest BCUT2D eigenvalue weighted by Crippen LogP contribution is -2.13. The summed E-state index contributed by atoms with van der Waals surface area (Å²) < 4.78 is 33.8. The van der Waals surface area contributed by atoms with Gasteiger partial charge in [-0.05, 0) is 12.5 Å². The summed E-state index contributed by atoms with van der Waals surface area (Å²) >= 11 is 0. The number of ketones is 1. The van der Waals surface area contributed by atoms with Crippen LogP contribution in [-0.2, 0) is 14.3 Å². The molecule has 1 saturated carbocycles. The van der Waals surface area contributed by atoms with Crippen molar-refractivity contribution in [3.8, 4) is 5.75 Å². The number of rotatable bonds is 4. The summed E-state index contributed by atoms with van der Waals surface area (Å²) in [6.45, 7) is -2.95. The van der Waals surface area contributed by atoms with E-state index in [2.05, 4.69) is 9.47 Å². The van der Waals surface area contributed by atoms with Crippen molar-refractivity contribution >= 4 is 11.8 Å². The van der Waals surface area contributed by atoms with Crippen LogP contribution in [-0.4, -0.2) is 25.5 Å². The predicted octanol–water partition coefficient (Wildman–Crippen LogP) is 2.52. The van der Waals surface area contributed by atoms with E-state index in [1.807, 2.05) is 0 Å². The van der Waals surface area contributed by atoms with Crippen LogP contribution in [0.2, 0.25) is 0 Å². The molecule has 0 radical (unpaired) electrons. The van der Waals surface area contributed by atoms with Gasteiger partial charge in [0.15, 0.2) is 0 Å². The van der Waals surface area contributed by atoms with E-state index in [0.717, 1.165) is 0 Å². The second kappa shape index (κ2) is 5.98. The van der Waals surface area contributed by atoms with Gasteiger partial charge in [0, 0.05) is 17.9 Å². The molecule has 2 atom stereocenters. The highest BCUT2D eigenvalue weighted by Gasteiger charge is 2.39. The molecule has 2 rings (SSSR count). The van der Waals surface area contributed by atoms with Crippen molar-refractivity contribution in [1.29, 1.82) is 0 Å². The van der Waals surface area contributed by atoms with Crippen LogP contribution in [0.1, 0.15) is 24.3 Å². The van der Waals surface area contributed by atoms with E-state index in [4.69, 9.17) is 0 Å². The molecule has 1 fully saturated rings. The molecule has 0 spiro atoms. The number of hydrogen-bond acceptors (Lipinski definition) is 4. The number of benzene rings is 1. The minimum atomic E-state index is -2.95. The van der Waals surface area contributed by atoms with Crippen LogP contribution < -0.4 is 4.74 Å². The van der Waals surface area contributed by atoms with Crippen LogP contribution in [0, 0.1) is 5.92 Å². The molecule has 0 heterocycles. The van der Waals surface area contributed by atoms with Gasteiger partial charge in [-0.25, -0.2) is 0 Å². The largest absolute Gasteiger partial charge is 0.469 e. The first-order valence-electron chi connectivity index (χ1n) is 6.17. The molecule has 0 saturated heterocycles. The van der Waals surface area contributed by atoms with E-state index in [1.54, 1.807) is 18.2 Å². The molecule has 0 bridgehead atoms. The summed E-state index contributed by atoms with van der Waals surface area (Å²) in [5.41, 5.74) is 0.393. The number of carbonyl (C=O) groups is 2. The fourth-order valence-electron chi connectivity index (χ4n) is 2.50. The Morgan fingerprint density at radius 2 is 2.05 bits per heavy atom. The van der Waals surface area contributed by atoms with E-state index in [0.29, 0.717) is 5.56 Å². The van der Waals surface area contributed by atoms with Gasteiger partial charge in [-0.3, -0.25) is 9.59 Å². The van der Waals surface area contributed by atoms with E-state index < -0.39 is 24.4 Å². The number of halogens is 2. The van der Waals surface area contributed by atoms with Crippen LogP contribution in [0.25, 0.3) is 0 Å². The van der Waals surface area contributed by atoms with Crippen molar-refractivity contribution in [2.45, 2.75) is 25.4 Å². The Bertz CT molecular complexity index is 516. The van der Waals surface area contributed by atoms with Crippen LogP contribution in [0.3, 0.4) is 0 Å². The zero-order valence-electron chi connectivity index (χ0n) is 10.8. The first-order chi connectivity index (χ1) is 9.52. The highest BCUT2D eigenvalue weighted by atomic mass is 19.3. The Morgan fingerprint density at radius 3 is 2.70 bits per heavy atom. The summed E-state index contributed by atoms with van der Waals surface area (Å²) in [5.74, 6) is -1.75. The minimum absolute atomic E-state index is 0.0219. The van der Waals surface area contributed by atoms with Crippen molar-refractivity contribution < 1.29 is 27.8 Å². The Hall–Kier alpha value is -1.98. The third-order valence-electron chi connectivity index (χ3n) is 3.40. The molecule has 1 aliphatic carbocycles. The van der Waals surface area contributed by atoms with Gasteiger partial charge in [0.2, 0.25) is 0 Å². The Kier molecular flexibility index (Phi) is 4.32. The van der Waals surface area contributed by atoms with Gasteiger partial charge < -0.3 is 9.47 Å². The standard InChI is InChI=1S/C14H14F2O4/c1-19-13(18)8-6-10(11(17)7-8)9-4-2-3-5-12(9)20-14(15)16/h2-5,8,10,14H,6-7H2,1H3. The van der Waals surface area contributed by atoms with Crippen LogP contribution in [0.5, 0.6) is 5.75 Å². The lowest BCUT2D eigenvalue weighted by Gasteiger charge is -2.14. The maximum absolute atomic E-state index is 12.4. The third kappa shape index (κ3) is 2.95. The van der Waals surface area contributed by atoms with Crippen LogP contribution >= 0.6 is 0 Å². The number of carbonyl (C=O) groups excluding carboxylic acids is 2. The van der Waals surface area contributed by atoms with Gasteiger partial charge >= 0.3 is 12.6 Å². The zero-order chi connectivity index (χ0) is 14.7. The number of alkyl halides is 2. The Morgan fingerprint density at radius 1 is 1.35 bits per heavy atom. The molecule has 6 heteroatoms. The number of methoxy groups -OCH3 is 1. The number of para-hydroxylation sites is 1. The molecular weight excluding hydrogens is 270 g/mol. The predicted molar refractivity (Wildman–Crippen MR) is 65.6 cm³/mol. The summed E-state index contributed by atoms with van der Waals surface area (Å²) in [7, 11) is 1.26. The lowest BCUT2D eigenvalue weighted by atomic mass is 9.95. The molecule has 2 unspecified atom stereocenters. The zero-order valence-corrected chi connectivity index (χ0v) is 10.8. The van der Waals surface area contributed by atoms with Gasteiger partial charge in [-0.15, -0.1) is 0 Å². The van der Waals surface area contributed by atoms with Gasteiger partial charge in [-0.1, -0.05) is 18.2 Å². The fraction of sp³-hybridized carbons (Fsp3) is 0.429. The fourth-order valence-corrected chi connectivity index (χ4v) is 2.50.